The van der Waals surface area contributed by atoms with E-state index in [-0.39, 0.29) is 5.58 Å². The third-order valence-electron chi connectivity index (χ3n) is 4.25. The van der Waals surface area contributed by atoms with E-state index in [9.17, 15) is 4.79 Å². The Morgan fingerprint density at radius 3 is 2.38 bits per heavy atom. The van der Waals surface area contributed by atoms with Crippen LogP contribution in [0.1, 0.15) is 5.56 Å². The Labute approximate surface area is 148 Å². The molecule has 0 unspecified atom stereocenters. The van der Waals surface area contributed by atoms with Crippen LogP contribution in [0.5, 0.6) is 11.5 Å². The Morgan fingerprint density at radius 1 is 0.962 bits per heavy atom. The van der Waals surface area contributed by atoms with Crippen molar-refractivity contribution in [2.75, 3.05) is 19.5 Å². The maximum Gasteiger partial charge on any atom is 0.338 e. The molecule has 0 spiro atoms. The summed E-state index contributed by atoms with van der Waals surface area (Å²) in [6.07, 6.45) is 1.54. The minimum absolute atomic E-state index is 0.272. The summed E-state index contributed by atoms with van der Waals surface area (Å²) in [7, 11) is 3.07. The highest BCUT2D eigenvalue weighted by Gasteiger charge is 2.23. The second-order valence-electron chi connectivity index (χ2n) is 5.90. The molecule has 4 rings (SSSR count). The largest absolute Gasteiger partial charge is 0.495 e. The van der Waals surface area contributed by atoms with Crippen LogP contribution in [-0.2, 0) is 0 Å². The number of furan rings is 1. The summed E-state index contributed by atoms with van der Waals surface area (Å²) in [6, 6.07) is 11.0. The lowest BCUT2D eigenvalue weighted by molar-refractivity contribution is 0.398. The van der Waals surface area contributed by atoms with E-state index >= 15 is 0 Å². The van der Waals surface area contributed by atoms with Crippen molar-refractivity contribution in [2.24, 2.45) is 0 Å². The lowest BCUT2D eigenvalue weighted by Gasteiger charge is -2.14. The Kier molecular flexibility index (Phi) is 3.80. The first kappa shape index (κ1) is 16.1. The smallest absolute Gasteiger partial charge is 0.338 e. The molecule has 6 nitrogen and oxygen atoms in total. The summed E-state index contributed by atoms with van der Waals surface area (Å²) in [6.45, 7) is 2.01. The van der Waals surface area contributed by atoms with E-state index in [1.165, 1.54) is 13.2 Å². The number of hydrogen-bond donors (Lipinski definition) is 1. The van der Waals surface area contributed by atoms with E-state index < -0.39 is 5.63 Å². The molecule has 2 aromatic carbocycles. The number of methoxy groups -OCH3 is 2. The maximum absolute atomic E-state index is 12.2. The molecule has 4 aromatic rings. The third-order valence-corrected chi connectivity index (χ3v) is 4.25. The molecule has 2 aromatic heterocycles. The standard InChI is InChI=1S/C20H17NO5/c1-11-4-6-12(7-5-11)21-14-10-15(22)26-19-16(14)17(23-2)13-8-9-25-18(13)20(19)24-3/h4-10,21H,1-3H3. The molecule has 6 heteroatoms. The zero-order valence-corrected chi connectivity index (χ0v) is 14.6. The summed E-state index contributed by atoms with van der Waals surface area (Å²) in [4.78, 5) is 12.2. The fourth-order valence-corrected chi connectivity index (χ4v) is 3.07. The van der Waals surface area contributed by atoms with Gasteiger partial charge in [-0.2, -0.15) is 0 Å². The molecule has 2 heterocycles. The van der Waals surface area contributed by atoms with Gasteiger partial charge < -0.3 is 23.6 Å². The fraction of sp³-hybridized carbons (Fsp3) is 0.150. The highest BCUT2D eigenvalue weighted by Crippen LogP contribution is 2.45. The number of rotatable bonds is 4. The maximum atomic E-state index is 12.2. The van der Waals surface area contributed by atoms with Crippen LogP contribution in [0.2, 0.25) is 0 Å². The minimum atomic E-state index is -0.502. The average molecular weight is 351 g/mol. The van der Waals surface area contributed by atoms with Crippen molar-refractivity contribution in [3.05, 3.63) is 58.6 Å². The van der Waals surface area contributed by atoms with Gasteiger partial charge in [-0.05, 0) is 25.1 Å². The second kappa shape index (κ2) is 6.15. The van der Waals surface area contributed by atoms with Gasteiger partial charge in [0.15, 0.2) is 11.2 Å². The van der Waals surface area contributed by atoms with Gasteiger partial charge >= 0.3 is 5.63 Å². The zero-order chi connectivity index (χ0) is 18.3. The van der Waals surface area contributed by atoms with E-state index in [1.807, 2.05) is 31.2 Å². The van der Waals surface area contributed by atoms with E-state index in [0.717, 1.165) is 16.6 Å². The van der Waals surface area contributed by atoms with Crippen LogP contribution in [0.15, 0.2) is 56.3 Å². The summed E-state index contributed by atoms with van der Waals surface area (Å²) in [5, 5.41) is 4.62. The summed E-state index contributed by atoms with van der Waals surface area (Å²) < 4.78 is 22.0. The lowest BCUT2D eigenvalue weighted by Crippen LogP contribution is -2.03. The van der Waals surface area contributed by atoms with Crippen LogP contribution in [0.25, 0.3) is 21.9 Å². The number of anilines is 2. The van der Waals surface area contributed by atoms with Crippen LogP contribution in [-0.4, -0.2) is 14.2 Å². The molecular formula is C20H17NO5. The van der Waals surface area contributed by atoms with Gasteiger partial charge in [0, 0.05) is 11.8 Å². The molecule has 0 atom stereocenters. The molecule has 0 fully saturated rings. The summed E-state index contributed by atoms with van der Waals surface area (Å²) in [5.41, 5.74) is 2.79. The molecule has 0 aliphatic rings. The fourth-order valence-electron chi connectivity index (χ4n) is 3.07. The average Bonchev–Trinajstić information content (AvgIpc) is 3.11. The Bertz CT molecular complexity index is 1150. The molecule has 0 amide bonds. The quantitative estimate of drug-likeness (QED) is 0.541. The molecule has 1 N–H and O–H groups in total. The number of benzene rings is 2. The van der Waals surface area contributed by atoms with Gasteiger partial charge in [-0.25, -0.2) is 4.79 Å². The minimum Gasteiger partial charge on any atom is -0.495 e. The van der Waals surface area contributed by atoms with E-state index in [0.29, 0.717) is 28.2 Å². The molecular weight excluding hydrogens is 334 g/mol. The van der Waals surface area contributed by atoms with Crippen LogP contribution >= 0.6 is 0 Å². The Morgan fingerprint density at radius 2 is 1.69 bits per heavy atom. The molecule has 0 bridgehead atoms. The first-order valence-corrected chi connectivity index (χ1v) is 8.05. The van der Waals surface area contributed by atoms with E-state index in [2.05, 4.69) is 5.32 Å². The van der Waals surface area contributed by atoms with Gasteiger partial charge in [-0.15, -0.1) is 0 Å². The van der Waals surface area contributed by atoms with E-state index in [4.69, 9.17) is 18.3 Å². The van der Waals surface area contributed by atoms with Crippen molar-refractivity contribution in [3.8, 4) is 11.5 Å². The molecule has 26 heavy (non-hydrogen) atoms. The van der Waals surface area contributed by atoms with Crippen molar-refractivity contribution in [1.82, 2.24) is 0 Å². The van der Waals surface area contributed by atoms with Crippen LogP contribution < -0.4 is 20.4 Å². The van der Waals surface area contributed by atoms with Crippen molar-refractivity contribution in [1.29, 1.82) is 0 Å². The summed E-state index contributed by atoms with van der Waals surface area (Å²) >= 11 is 0. The third kappa shape index (κ3) is 2.47. The van der Waals surface area contributed by atoms with Crippen LogP contribution in [0.4, 0.5) is 11.4 Å². The molecule has 0 aliphatic heterocycles. The first-order chi connectivity index (χ1) is 12.6. The van der Waals surface area contributed by atoms with Crippen molar-refractivity contribution >= 4 is 33.3 Å². The number of fused-ring (bicyclic) bond motifs is 2. The van der Waals surface area contributed by atoms with Crippen molar-refractivity contribution in [3.63, 3.8) is 0 Å². The molecule has 0 saturated carbocycles. The molecule has 132 valence electrons. The highest BCUT2D eigenvalue weighted by molar-refractivity contribution is 6.11. The molecule has 0 radical (unpaired) electrons. The number of nitrogens with one attached hydrogen (secondary N) is 1. The number of aryl methyl sites for hydroxylation is 1. The van der Waals surface area contributed by atoms with E-state index in [1.54, 1.807) is 19.4 Å². The Balaban J connectivity index is 2.06. The van der Waals surface area contributed by atoms with Gasteiger partial charge in [0.05, 0.1) is 36.9 Å². The normalized spacial score (nSPS) is 11.0. The monoisotopic (exact) mass is 351 g/mol. The van der Waals surface area contributed by atoms with Gasteiger partial charge in [-0.3, -0.25) is 0 Å². The van der Waals surface area contributed by atoms with Crippen LogP contribution in [0, 0.1) is 6.92 Å². The number of hydrogen-bond acceptors (Lipinski definition) is 6. The molecule has 0 aliphatic carbocycles. The Hall–Kier alpha value is -3.41. The second-order valence-corrected chi connectivity index (χ2v) is 5.90. The van der Waals surface area contributed by atoms with Crippen molar-refractivity contribution < 1.29 is 18.3 Å². The van der Waals surface area contributed by atoms with Gasteiger partial charge in [0.25, 0.3) is 0 Å². The highest BCUT2D eigenvalue weighted by atomic mass is 16.5. The van der Waals surface area contributed by atoms with Crippen molar-refractivity contribution in [2.45, 2.75) is 6.92 Å². The number of ether oxygens (including phenoxy) is 2. The molecule has 0 saturated heterocycles. The first-order valence-electron chi connectivity index (χ1n) is 8.05. The summed E-state index contributed by atoms with van der Waals surface area (Å²) in [5.74, 6) is 0.897. The van der Waals surface area contributed by atoms with Gasteiger partial charge in [0.1, 0.15) is 5.75 Å². The zero-order valence-electron chi connectivity index (χ0n) is 14.6. The predicted molar refractivity (Wildman–Crippen MR) is 99.8 cm³/mol. The predicted octanol–water partition coefficient (Wildman–Crippen LogP) is 4.61. The van der Waals surface area contributed by atoms with Crippen LogP contribution in [0.3, 0.4) is 0 Å². The SMILES string of the molecule is COc1c2occc2c(OC)c2c(Nc3ccc(C)cc3)cc(=O)oc12. The topological polar surface area (TPSA) is 73.8 Å². The lowest BCUT2D eigenvalue weighted by atomic mass is 10.1. The van der Waals surface area contributed by atoms with Gasteiger partial charge in [-0.1, -0.05) is 17.7 Å². The van der Waals surface area contributed by atoms with Gasteiger partial charge in [0.2, 0.25) is 5.75 Å².